The van der Waals surface area contributed by atoms with Crippen LogP contribution in [0.3, 0.4) is 0 Å². The minimum Gasteiger partial charge on any atom is -0.375 e. The van der Waals surface area contributed by atoms with Crippen LogP contribution in [0.5, 0.6) is 0 Å². The molecule has 7 heteroatoms. The van der Waals surface area contributed by atoms with E-state index < -0.39 is 5.92 Å². The second-order valence-corrected chi connectivity index (χ2v) is 6.46. The molecule has 1 aromatic rings. The van der Waals surface area contributed by atoms with Gasteiger partial charge in [0, 0.05) is 17.9 Å². The minimum atomic E-state index is -0.402. The van der Waals surface area contributed by atoms with Gasteiger partial charge in [-0.3, -0.25) is 10.2 Å². The number of benzene rings is 1. The number of thiocarbonyl (C=S) groups is 1. The Morgan fingerprint density at radius 3 is 2.32 bits per heavy atom. The average molecular weight is 364 g/mol. The lowest BCUT2D eigenvalue weighted by Gasteiger charge is -2.25. The summed E-state index contributed by atoms with van der Waals surface area (Å²) >= 11 is 4.79. The fourth-order valence-corrected chi connectivity index (χ4v) is 2.63. The van der Waals surface area contributed by atoms with Gasteiger partial charge in [0.05, 0.1) is 5.92 Å². The Labute approximate surface area is 155 Å². The fraction of sp³-hybridized carbons (Fsp3) is 0.500. The molecule has 4 N–H and O–H groups in total. The summed E-state index contributed by atoms with van der Waals surface area (Å²) < 4.78 is 0. The molecule has 0 aliphatic carbocycles. The quantitative estimate of drug-likeness (QED) is 0.375. The van der Waals surface area contributed by atoms with Gasteiger partial charge in [0.2, 0.25) is 5.91 Å². The van der Waals surface area contributed by atoms with Crippen LogP contribution in [0.25, 0.3) is 0 Å². The first kappa shape index (κ1) is 21.1. The number of aryl methyl sites for hydroxylation is 2. The minimum absolute atomic E-state index is 0.0797. The number of hydrogen-bond acceptors (Lipinski definition) is 4. The summed E-state index contributed by atoms with van der Waals surface area (Å²) in [7, 11) is 0. The van der Waals surface area contributed by atoms with Gasteiger partial charge < -0.3 is 16.0 Å². The number of nitrogens with one attached hydrogen (secondary N) is 2. The molecule has 0 bridgehead atoms. The van der Waals surface area contributed by atoms with Crippen LogP contribution in [0.1, 0.15) is 31.9 Å². The van der Waals surface area contributed by atoms with Crippen molar-refractivity contribution in [2.24, 2.45) is 16.8 Å². The first-order valence-electron chi connectivity index (χ1n) is 8.49. The molecule has 0 saturated heterocycles. The number of para-hydroxylation sites is 1. The lowest BCUT2D eigenvalue weighted by atomic mass is 10.0. The van der Waals surface area contributed by atoms with Crippen LogP contribution in [0.15, 0.2) is 23.3 Å². The number of nitrogens with zero attached hydrogens (tertiary/aromatic N) is 2. The lowest BCUT2D eigenvalue weighted by molar-refractivity contribution is -0.118. The van der Waals surface area contributed by atoms with Gasteiger partial charge in [0.1, 0.15) is 0 Å². The van der Waals surface area contributed by atoms with E-state index in [-0.39, 0.29) is 11.0 Å². The van der Waals surface area contributed by atoms with Gasteiger partial charge in [-0.05, 0) is 57.2 Å². The lowest BCUT2D eigenvalue weighted by Crippen LogP contribution is -2.40. The summed E-state index contributed by atoms with van der Waals surface area (Å²) in [4.78, 5) is 15.1. The number of amides is 1. The highest BCUT2D eigenvalue weighted by atomic mass is 32.1. The summed E-state index contributed by atoms with van der Waals surface area (Å²) in [5.74, 6) is -0.490. The molecule has 1 unspecified atom stereocenters. The second-order valence-electron chi connectivity index (χ2n) is 6.02. The molecule has 0 aromatic heterocycles. The Kier molecular flexibility index (Phi) is 8.51. The molecule has 138 valence electrons. The van der Waals surface area contributed by atoms with Crippen molar-refractivity contribution in [3.05, 3.63) is 29.3 Å². The molecule has 1 atom stereocenters. The molecule has 0 radical (unpaired) electrons. The van der Waals surface area contributed by atoms with Crippen molar-refractivity contribution in [3.8, 4) is 0 Å². The molecule has 1 rings (SSSR count). The van der Waals surface area contributed by atoms with Crippen molar-refractivity contribution in [2.45, 2.75) is 34.6 Å². The smallest absolute Gasteiger partial charge is 0.234 e. The number of hydrazone groups is 1. The standard InChI is InChI=1S/C18H29N5OS/c1-6-23(7-2)11-15(14(5)21-22-18(19)25)17(24)20-16-12(3)9-8-10-13(16)4/h8-10,15H,6-7,11H2,1-5H3,(H,20,24)(H3,19,22,25)/b21-14+. The Morgan fingerprint density at radius 1 is 1.28 bits per heavy atom. The molecule has 0 aliphatic heterocycles. The molecule has 25 heavy (non-hydrogen) atoms. The monoisotopic (exact) mass is 363 g/mol. The van der Waals surface area contributed by atoms with Crippen molar-refractivity contribution < 1.29 is 4.79 Å². The predicted octanol–water partition coefficient (Wildman–Crippen LogP) is 2.41. The largest absolute Gasteiger partial charge is 0.375 e. The maximum absolute atomic E-state index is 13.0. The van der Waals surface area contributed by atoms with Crippen LogP contribution in [-0.2, 0) is 4.79 Å². The molecule has 0 saturated carbocycles. The first-order chi connectivity index (χ1) is 11.8. The average Bonchev–Trinajstić information content (AvgIpc) is 2.57. The molecular weight excluding hydrogens is 334 g/mol. The SMILES string of the molecule is CCN(CC)CC(C(=O)Nc1c(C)cccc1C)/C(C)=N/NC(N)=S. The highest BCUT2D eigenvalue weighted by molar-refractivity contribution is 7.80. The molecule has 0 aliphatic rings. The third-order valence-electron chi connectivity index (χ3n) is 4.23. The molecule has 1 aromatic carbocycles. The summed E-state index contributed by atoms with van der Waals surface area (Å²) in [6.45, 7) is 12.2. The first-order valence-corrected chi connectivity index (χ1v) is 8.89. The zero-order chi connectivity index (χ0) is 19.0. The summed E-state index contributed by atoms with van der Waals surface area (Å²) in [6, 6.07) is 5.95. The zero-order valence-corrected chi connectivity index (χ0v) is 16.5. The van der Waals surface area contributed by atoms with E-state index >= 15 is 0 Å². The molecule has 0 spiro atoms. The third-order valence-corrected chi connectivity index (χ3v) is 4.32. The predicted molar refractivity (Wildman–Crippen MR) is 109 cm³/mol. The van der Waals surface area contributed by atoms with E-state index in [9.17, 15) is 4.79 Å². The Bertz CT molecular complexity index is 620. The molecular formula is C18H29N5OS. The Morgan fingerprint density at radius 2 is 1.84 bits per heavy atom. The normalized spacial score (nSPS) is 12.8. The van der Waals surface area contributed by atoms with Gasteiger partial charge in [-0.1, -0.05) is 32.0 Å². The number of nitrogens with two attached hydrogens (primary N) is 1. The van der Waals surface area contributed by atoms with E-state index in [4.69, 9.17) is 18.0 Å². The number of carbonyl (C=O) groups is 1. The van der Waals surface area contributed by atoms with Crippen LogP contribution in [0.4, 0.5) is 5.69 Å². The highest BCUT2D eigenvalue weighted by Crippen LogP contribution is 2.20. The van der Waals surface area contributed by atoms with Crippen LogP contribution in [0.2, 0.25) is 0 Å². The van der Waals surface area contributed by atoms with Gasteiger partial charge in [-0.15, -0.1) is 0 Å². The van der Waals surface area contributed by atoms with Gasteiger partial charge in [-0.25, -0.2) is 0 Å². The second kappa shape index (κ2) is 10.1. The highest BCUT2D eigenvalue weighted by Gasteiger charge is 2.25. The van der Waals surface area contributed by atoms with Crippen molar-refractivity contribution in [2.75, 3.05) is 25.0 Å². The molecule has 0 fully saturated rings. The van der Waals surface area contributed by atoms with E-state index in [1.807, 2.05) is 39.0 Å². The van der Waals surface area contributed by atoms with Crippen molar-refractivity contribution >= 4 is 34.6 Å². The summed E-state index contributed by atoms with van der Waals surface area (Å²) in [5.41, 5.74) is 11.6. The summed E-state index contributed by atoms with van der Waals surface area (Å²) in [5, 5.41) is 7.31. The summed E-state index contributed by atoms with van der Waals surface area (Å²) in [6.07, 6.45) is 0. The molecule has 6 nitrogen and oxygen atoms in total. The van der Waals surface area contributed by atoms with Crippen molar-refractivity contribution in [1.29, 1.82) is 0 Å². The van der Waals surface area contributed by atoms with Gasteiger partial charge in [0.15, 0.2) is 5.11 Å². The number of anilines is 1. The van der Waals surface area contributed by atoms with E-state index in [1.54, 1.807) is 0 Å². The zero-order valence-electron chi connectivity index (χ0n) is 15.7. The topological polar surface area (TPSA) is 82.8 Å². The molecule has 0 heterocycles. The Hall–Kier alpha value is -1.99. The maximum atomic E-state index is 13.0. The van der Waals surface area contributed by atoms with E-state index in [0.717, 1.165) is 29.9 Å². The number of hydrogen-bond donors (Lipinski definition) is 3. The van der Waals surface area contributed by atoms with Crippen LogP contribution in [-0.4, -0.2) is 41.3 Å². The van der Waals surface area contributed by atoms with E-state index in [0.29, 0.717) is 12.3 Å². The van der Waals surface area contributed by atoms with Crippen molar-refractivity contribution in [3.63, 3.8) is 0 Å². The number of rotatable bonds is 8. The van der Waals surface area contributed by atoms with Crippen LogP contribution in [0, 0.1) is 19.8 Å². The van der Waals surface area contributed by atoms with E-state index in [2.05, 4.69) is 34.6 Å². The van der Waals surface area contributed by atoms with Gasteiger partial charge >= 0.3 is 0 Å². The Balaban J connectivity index is 3.06. The van der Waals surface area contributed by atoms with Crippen LogP contribution < -0.4 is 16.5 Å². The number of carbonyl (C=O) groups excluding carboxylic acids is 1. The molecule has 1 amide bonds. The fourth-order valence-electron chi connectivity index (χ4n) is 2.59. The van der Waals surface area contributed by atoms with Crippen LogP contribution >= 0.6 is 12.2 Å². The van der Waals surface area contributed by atoms with Crippen molar-refractivity contribution in [1.82, 2.24) is 10.3 Å². The third kappa shape index (κ3) is 6.43. The maximum Gasteiger partial charge on any atom is 0.234 e. The van der Waals surface area contributed by atoms with Gasteiger partial charge in [-0.2, -0.15) is 5.10 Å². The van der Waals surface area contributed by atoms with Gasteiger partial charge in [0.25, 0.3) is 0 Å². The van der Waals surface area contributed by atoms with E-state index in [1.165, 1.54) is 0 Å².